The van der Waals surface area contributed by atoms with Crippen molar-refractivity contribution in [2.24, 2.45) is 11.1 Å². The number of aromatic carboxylic acids is 1. The summed E-state index contributed by atoms with van der Waals surface area (Å²) in [6, 6.07) is 12.4. The summed E-state index contributed by atoms with van der Waals surface area (Å²) in [5, 5.41) is 9.24. The fourth-order valence-electron chi connectivity index (χ4n) is 4.14. The summed E-state index contributed by atoms with van der Waals surface area (Å²) in [6.45, 7) is 6.37. The van der Waals surface area contributed by atoms with Gasteiger partial charge in [-0.1, -0.05) is 31.2 Å². The zero-order valence-electron chi connectivity index (χ0n) is 21.2. The summed E-state index contributed by atoms with van der Waals surface area (Å²) in [5.74, 6) is -1.22. The average Bonchev–Trinajstić information content (AvgIpc) is 3.58. The summed E-state index contributed by atoms with van der Waals surface area (Å²) in [6.07, 6.45) is 4.31. The number of nitrogens with one attached hydrogen (secondary N) is 1. The van der Waals surface area contributed by atoms with Crippen molar-refractivity contribution in [1.82, 2.24) is 9.97 Å². The number of nitrogens with zero attached hydrogens (tertiary/aromatic N) is 2. The number of anilines is 1. The Morgan fingerprint density at radius 2 is 1.81 bits per heavy atom. The molecule has 2 aromatic carbocycles. The van der Waals surface area contributed by atoms with Crippen LogP contribution in [-0.4, -0.2) is 42.1 Å². The van der Waals surface area contributed by atoms with Gasteiger partial charge in [0.15, 0.2) is 0 Å². The van der Waals surface area contributed by atoms with Crippen molar-refractivity contribution >= 4 is 21.9 Å². The van der Waals surface area contributed by atoms with E-state index in [-0.39, 0.29) is 34.9 Å². The van der Waals surface area contributed by atoms with Gasteiger partial charge in [-0.15, -0.1) is 0 Å². The molecule has 10 heteroatoms. The summed E-state index contributed by atoms with van der Waals surface area (Å²) in [7, 11) is -4.17. The van der Waals surface area contributed by atoms with E-state index >= 15 is 0 Å². The van der Waals surface area contributed by atoms with Crippen LogP contribution < -0.4 is 15.2 Å². The van der Waals surface area contributed by atoms with Gasteiger partial charge in [0.1, 0.15) is 6.61 Å². The molecule has 0 radical (unpaired) electrons. The van der Waals surface area contributed by atoms with E-state index in [1.807, 2.05) is 32.0 Å². The molecule has 3 aromatic rings. The van der Waals surface area contributed by atoms with Gasteiger partial charge in [0.05, 0.1) is 16.2 Å². The molecule has 37 heavy (non-hydrogen) atoms. The lowest BCUT2D eigenvalue weighted by Crippen LogP contribution is -2.28. The van der Waals surface area contributed by atoms with Crippen LogP contribution in [0.15, 0.2) is 53.4 Å². The van der Waals surface area contributed by atoms with Crippen molar-refractivity contribution in [1.29, 1.82) is 0 Å². The van der Waals surface area contributed by atoms with Gasteiger partial charge in [-0.3, -0.25) is 0 Å². The Morgan fingerprint density at radius 3 is 2.46 bits per heavy atom. The van der Waals surface area contributed by atoms with Crippen LogP contribution >= 0.6 is 0 Å². The average molecular weight is 525 g/mol. The molecule has 1 aromatic heterocycles. The van der Waals surface area contributed by atoms with E-state index in [0.29, 0.717) is 11.1 Å². The molecule has 0 amide bonds. The zero-order chi connectivity index (χ0) is 26.8. The first-order valence-corrected chi connectivity index (χ1v) is 13.6. The maximum Gasteiger partial charge on any atom is 0.335 e. The molecule has 1 saturated carbocycles. The van der Waals surface area contributed by atoms with Gasteiger partial charge in [-0.05, 0) is 74.3 Å². The van der Waals surface area contributed by atoms with E-state index in [1.165, 1.54) is 31.0 Å². The Kier molecular flexibility index (Phi) is 7.52. The van der Waals surface area contributed by atoms with E-state index in [9.17, 15) is 18.3 Å². The molecule has 1 aliphatic rings. The third kappa shape index (κ3) is 6.64. The Labute approximate surface area is 217 Å². The van der Waals surface area contributed by atoms with Crippen molar-refractivity contribution < 1.29 is 23.1 Å². The van der Waals surface area contributed by atoms with Crippen molar-refractivity contribution in [3.05, 3.63) is 65.2 Å². The molecule has 196 valence electrons. The number of aromatic nitrogens is 2. The molecule has 4 rings (SSSR count). The lowest BCUT2D eigenvalue weighted by molar-refractivity contribution is 0.0696. The Bertz CT molecular complexity index is 1400. The first kappa shape index (κ1) is 26.6. The molecule has 4 N–H and O–H groups in total. The van der Waals surface area contributed by atoms with Crippen molar-refractivity contribution in [3.63, 3.8) is 0 Å². The van der Waals surface area contributed by atoms with E-state index in [4.69, 9.17) is 10.5 Å². The number of hydrogen-bond donors (Lipinski definition) is 3. The van der Waals surface area contributed by atoms with Crippen LogP contribution in [0.4, 0.5) is 5.95 Å². The topological polar surface area (TPSA) is 144 Å². The van der Waals surface area contributed by atoms with Gasteiger partial charge in [-0.2, -0.15) is 4.98 Å². The van der Waals surface area contributed by atoms with E-state index in [2.05, 4.69) is 21.6 Å². The second-order valence-electron chi connectivity index (χ2n) is 10.0. The highest BCUT2D eigenvalue weighted by Gasteiger charge is 2.36. The predicted molar refractivity (Wildman–Crippen MR) is 141 cm³/mol. The number of nitrogens with two attached hydrogens (primary N) is 1. The molecule has 1 aliphatic carbocycles. The van der Waals surface area contributed by atoms with E-state index < -0.39 is 16.0 Å². The molecule has 0 bridgehead atoms. The summed E-state index contributed by atoms with van der Waals surface area (Å²) < 4.78 is 34.4. The van der Waals surface area contributed by atoms with Gasteiger partial charge in [0.2, 0.25) is 11.8 Å². The minimum absolute atomic E-state index is 0.147. The number of hydrogen-bond acceptors (Lipinski definition) is 7. The number of carbonyl (C=O) groups is 1. The zero-order valence-corrected chi connectivity index (χ0v) is 22.0. The number of carboxylic acid groups (broad SMARTS) is 1. The fourth-order valence-corrected chi connectivity index (χ4v) is 5.13. The minimum Gasteiger partial charge on any atom is -0.478 e. The van der Waals surface area contributed by atoms with Crippen molar-refractivity contribution in [2.45, 2.75) is 57.4 Å². The molecule has 9 nitrogen and oxygen atoms in total. The third-order valence-corrected chi connectivity index (χ3v) is 8.05. The molecule has 1 atom stereocenters. The second-order valence-corrected chi connectivity index (χ2v) is 11.7. The van der Waals surface area contributed by atoms with Crippen LogP contribution in [-0.2, 0) is 10.0 Å². The van der Waals surface area contributed by atoms with Crippen LogP contribution in [0.1, 0.15) is 54.1 Å². The molecule has 1 fully saturated rings. The lowest BCUT2D eigenvalue weighted by atomic mass is 10.00. The lowest BCUT2D eigenvalue weighted by Gasteiger charge is -2.17. The first-order valence-electron chi connectivity index (χ1n) is 12.2. The summed E-state index contributed by atoms with van der Waals surface area (Å²) in [4.78, 5) is 19.9. The minimum atomic E-state index is -4.17. The van der Waals surface area contributed by atoms with Crippen LogP contribution in [0.5, 0.6) is 5.88 Å². The molecule has 0 spiro atoms. The summed E-state index contributed by atoms with van der Waals surface area (Å²) in [5.41, 5.74) is 9.79. The Balaban J connectivity index is 1.63. The largest absolute Gasteiger partial charge is 0.478 e. The van der Waals surface area contributed by atoms with Crippen molar-refractivity contribution in [3.8, 4) is 17.1 Å². The summed E-state index contributed by atoms with van der Waals surface area (Å²) >= 11 is 0. The highest BCUT2D eigenvalue weighted by molar-refractivity contribution is 7.92. The standard InChI is InChI=1S/C27H32N4O5S/c1-17-6-4-7-18(2)24(17)22-15-23(36-16-20(28)10-11-27(3)12-13-27)30-26(29-22)31-37(34,35)21-9-5-8-19(14-21)25(32)33/h4-9,14-15,20H,10-13,16,28H2,1-3H3,(H,32,33)(H,29,30,31). The third-order valence-electron chi connectivity index (χ3n) is 6.72. The van der Waals surface area contributed by atoms with Crippen LogP contribution in [0, 0.1) is 19.3 Å². The van der Waals surface area contributed by atoms with E-state index in [0.717, 1.165) is 35.6 Å². The van der Waals surface area contributed by atoms with Gasteiger partial charge in [0, 0.05) is 17.7 Å². The first-order chi connectivity index (χ1) is 17.5. The van der Waals surface area contributed by atoms with Crippen molar-refractivity contribution in [2.75, 3.05) is 11.3 Å². The SMILES string of the molecule is Cc1cccc(C)c1-c1cc(OCC(N)CCC2(C)CC2)nc(NS(=O)(=O)c2cccc(C(=O)O)c2)n1. The molecule has 1 unspecified atom stereocenters. The van der Waals surface area contributed by atoms with Crippen LogP contribution in [0.3, 0.4) is 0 Å². The normalized spacial score (nSPS) is 15.1. The molecule has 0 saturated heterocycles. The van der Waals surface area contributed by atoms with Crippen LogP contribution in [0.25, 0.3) is 11.3 Å². The number of sulfonamides is 1. The number of rotatable bonds is 11. The Morgan fingerprint density at radius 1 is 1.14 bits per heavy atom. The molecule has 1 heterocycles. The quantitative estimate of drug-likeness (QED) is 0.331. The van der Waals surface area contributed by atoms with E-state index in [1.54, 1.807) is 6.07 Å². The Hall–Kier alpha value is -3.50. The number of benzene rings is 2. The second kappa shape index (κ2) is 10.5. The van der Waals surface area contributed by atoms with Crippen LogP contribution in [0.2, 0.25) is 0 Å². The monoisotopic (exact) mass is 524 g/mol. The number of carboxylic acids is 1. The highest BCUT2D eigenvalue weighted by atomic mass is 32.2. The van der Waals surface area contributed by atoms with Gasteiger partial charge >= 0.3 is 5.97 Å². The fraction of sp³-hybridized carbons (Fsp3) is 0.370. The predicted octanol–water partition coefficient (Wildman–Crippen LogP) is 4.55. The smallest absolute Gasteiger partial charge is 0.335 e. The maximum atomic E-state index is 13.1. The maximum absolute atomic E-state index is 13.1. The number of aryl methyl sites for hydroxylation is 2. The molecular weight excluding hydrogens is 492 g/mol. The molecule has 0 aliphatic heterocycles. The highest BCUT2D eigenvalue weighted by Crippen LogP contribution is 2.49. The van der Waals surface area contributed by atoms with Gasteiger partial charge < -0.3 is 15.6 Å². The molecular formula is C27H32N4O5S. The van der Waals surface area contributed by atoms with Gasteiger partial charge in [0.25, 0.3) is 10.0 Å². The van der Waals surface area contributed by atoms with Gasteiger partial charge in [-0.25, -0.2) is 22.9 Å². The number of ether oxygens (including phenoxy) is 1.